The van der Waals surface area contributed by atoms with Gasteiger partial charge in [-0.2, -0.15) is 0 Å². The molecule has 0 aromatic heterocycles. The van der Waals surface area contributed by atoms with E-state index in [1.807, 2.05) is 0 Å². The zero-order chi connectivity index (χ0) is 9.50. The van der Waals surface area contributed by atoms with E-state index in [1.54, 1.807) is 0 Å². The first kappa shape index (κ1) is 11.6. The van der Waals surface area contributed by atoms with Crippen molar-refractivity contribution in [2.45, 2.75) is 12.0 Å². The second-order valence-electron chi connectivity index (χ2n) is 2.73. The minimum atomic E-state index is -4.90. The Bertz CT molecular complexity index is 127. The van der Waals surface area contributed by atoms with Crippen LogP contribution in [-0.2, 0) is 0 Å². The van der Waals surface area contributed by atoms with Crippen LogP contribution in [0.4, 0.5) is 0 Å². The molecule has 0 rings (SSSR count). The van der Waals surface area contributed by atoms with Crippen LogP contribution in [0, 0.1) is 0 Å². The number of aliphatic hydroxyl groups is 1. The van der Waals surface area contributed by atoms with Gasteiger partial charge in [-0.05, 0) is 0 Å². The van der Waals surface area contributed by atoms with Gasteiger partial charge < -0.3 is 0 Å². The van der Waals surface area contributed by atoms with E-state index in [2.05, 4.69) is 0 Å². The average Bonchev–Trinajstić information content (AvgIpc) is 1.58. The number of rotatable bonds is 2. The molecule has 0 aliphatic heterocycles. The van der Waals surface area contributed by atoms with Gasteiger partial charge in [0.25, 0.3) is 0 Å². The van der Waals surface area contributed by atoms with E-state index >= 15 is 0 Å². The molecule has 1 unspecified atom stereocenters. The molecule has 0 heterocycles. The van der Waals surface area contributed by atoms with Crippen LogP contribution in [0.3, 0.4) is 0 Å². The Hall–Kier alpha value is 0.620. The molecule has 8 heteroatoms. The molecular formula is C3H14O6P2. The molecule has 0 spiro atoms. The second-order valence-corrected chi connectivity index (χ2v) is 8.49. The summed E-state index contributed by atoms with van der Waals surface area (Å²) < 4.78 is 0. The molecule has 6 N–H and O–H groups in total. The Morgan fingerprint density at radius 1 is 1.00 bits per heavy atom. The van der Waals surface area contributed by atoms with E-state index in [0.717, 1.165) is 13.6 Å². The molecule has 0 saturated carbocycles. The normalized spacial score (nSPS) is 22.5. The van der Waals surface area contributed by atoms with Gasteiger partial charge in [0.15, 0.2) is 0 Å². The maximum absolute atomic E-state index is 9.06. The predicted molar refractivity (Wildman–Crippen MR) is 44.3 cm³/mol. The van der Waals surface area contributed by atoms with E-state index in [1.165, 1.54) is 0 Å². The van der Waals surface area contributed by atoms with Crippen LogP contribution in [-0.4, -0.2) is 41.3 Å². The fraction of sp³-hybridized carbons (Fsp3) is 1.00. The summed E-state index contributed by atoms with van der Waals surface area (Å²) in [7, 11) is -9.06. The first-order valence-electron chi connectivity index (χ1n) is 2.84. The minimum absolute atomic E-state index is 0.783. The molecule has 0 radical (unpaired) electrons. The van der Waals surface area contributed by atoms with Crippen LogP contribution < -0.4 is 0 Å². The van der Waals surface area contributed by atoms with E-state index in [9.17, 15) is 0 Å². The Morgan fingerprint density at radius 3 is 1.27 bits per heavy atom. The van der Waals surface area contributed by atoms with Gasteiger partial charge in [0.2, 0.25) is 0 Å². The Morgan fingerprint density at radius 2 is 1.27 bits per heavy atom. The van der Waals surface area contributed by atoms with Crippen molar-refractivity contribution in [2.24, 2.45) is 0 Å². The van der Waals surface area contributed by atoms with Crippen LogP contribution >= 0.6 is 15.7 Å². The number of hydrogen-bond donors (Lipinski definition) is 6. The van der Waals surface area contributed by atoms with E-state index in [0.29, 0.717) is 0 Å². The third-order valence-corrected chi connectivity index (χ3v) is 7.15. The Balaban J connectivity index is 4.75. The fourth-order valence-electron chi connectivity index (χ4n) is 0.318. The van der Waals surface area contributed by atoms with Crippen molar-refractivity contribution in [3.8, 4) is 0 Å². The monoisotopic (exact) mass is 208 g/mol. The average molecular weight is 208 g/mol. The maximum atomic E-state index is 9.06. The van der Waals surface area contributed by atoms with Crippen molar-refractivity contribution in [1.29, 1.82) is 0 Å². The molecule has 0 aromatic carbocycles. The fourth-order valence-corrected chi connectivity index (χ4v) is 2.86. The van der Waals surface area contributed by atoms with Crippen molar-refractivity contribution in [3.05, 3.63) is 0 Å². The van der Waals surface area contributed by atoms with Crippen LogP contribution in [0.5, 0.6) is 0 Å². The summed E-state index contributed by atoms with van der Waals surface area (Å²) in [6.45, 7) is 1.66. The summed E-state index contributed by atoms with van der Waals surface area (Å²) in [6.07, 6.45) is 0. The first-order chi connectivity index (χ1) is 4.50. The number of hydrogen-bond acceptors (Lipinski definition) is 6. The van der Waals surface area contributed by atoms with Crippen LogP contribution in [0.25, 0.3) is 0 Å². The molecule has 0 aliphatic rings. The zero-order valence-electron chi connectivity index (χ0n) is 6.18. The van der Waals surface area contributed by atoms with Crippen molar-refractivity contribution in [3.63, 3.8) is 0 Å². The SMILES string of the molecule is CC(O)([PH](C)(O)O)[PH](O)(O)O. The summed E-state index contributed by atoms with van der Waals surface area (Å²) in [6, 6.07) is 0. The molecule has 11 heavy (non-hydrogen) atoms. The molecule has 1 atom stereocenters. The van der Waals surface area contributed by atoms with Crippen molar-refractivity contribution in [1.82, 2.24) is 0 Å². The van der Waals surface area contributed by atoms with E-state index in [-0.39, 0.29) is 0 Å². The van der Waals surface area contributed by atoms with Gasteiger partial charge in [-0.25, -0.2) is 0 Å². The summed E-state index contributed by atoms with van der Waals surface area (Å²) in [5.74, 6) is 0. The molecule has 0 amide bonds. The van der Waals surface area contributed by atoms with E-state index in [4.69, 9.17) is 29.6 Å². The van der Waals surface area contributed by atoms with Gasteiger partial charge >= 0.3 is 63.9 Å². The van der Waals surface area contributed by atoms with Gasteiger partial charge in [-0.3, -0.25) is 0 Å². The van der Waals surface area contributed by atoms with Crippen LogP contribution in [0.2, 0.25) is 0 Å². The summed E-state index contributed by atoms with van der Waals surface area (Å²) >= 11 is 0. The van der Waals surface area contributed by atoms with E-state index < -0.39 is 20.7 Å². The van der Waals surface area contributed by atoms with Gasteiger partial charge in [0.1, 0.15) is 0 Å². The standard InChI is InChI=1S/C3H14O6P2/c1-3(4,10(2,5)6)11(7,8)9/h4-11H,1-2H3. The summed E-state index contributed by atoms with van der Waals surface area (Å²) in [5, 5.41) is 6.49. The quantitative estimate of drug-likeness (QED) is 0.301. The molecule has 0 aliphatic carbocycles. The zero-order valence-corrected chi connectivity index (χ0v) is 8.18. The Labute approximate surface area is 64.8 Å². The molecule has 0 bridgehead atoms. The van der Waals surface area contributed by atoms with Gasteiger partial charge in [0, 0.05) is 0 Å². The van der Waals surface area contributed by atoms with Crippen LogP contribution in [0.1, 0.15) is 6.92 Å². The second kappa shape index (κ2) is 2.83. The molecule has 0 fully saturated rings. The first-order valence-corrected chi connectivity index (χ1v) is 7.08. The van der Waals surface area contributed by atoms with Crippen molar-refractivity contribution in [2.75, 3.05) is 6.66 Å². The third kappa shape index (κ3) is 2.28. The molecule has 6 nitrogen and oxygen atoms in total. The van der Waals surface area contributed by atoms with Gasteiger partial charge in [-0.15, -0.1) is 0 Å². The topological polar surface area (TPSA) is 121 Å². The van der Waals surface area contributed by atoms with Crippen LogP contribution in [0.15, 0.2) is 0 Å². The molecule has 0 saturated heterocycles. The van der Waals surface area contributed by atoms with Gasteiger partial charge in [0.05, 0.1) is 0 Å². The van der Waals surface area contributed by atoms with Crippen molar-refractivity contribution >= 4 is 15.7 Å². The molecule has 72 valence electrons. The summed E-state index contributed by atoms with van der Waals surface area (Å²) in [4.78, 5) is 43.5. The van der Waals surface area contributed by atoms with Crippen molar-refractivity contribution < 1.29 is 29.6 Å². The molecule has 0 aromatic rings. The summed E-state index contributed by atoms with van der Waals surface area (Å²) in [5.41, 5.74) is 0. The molecular weight excluding hydrogens is 194 g/mol. The van der Waals surface area contributed by atoms with Gasteiger partial charge in [-0.1, -0.05) is 0 Å². The Kier molecular flexibility index (Phi) is 2.99. The third-order valence-electron chi connectivity index (χ3n) is 1.58. The predicted octanol–water partition coefficient (Wildman–Crippen LogP) is -1.68.